The molecule has 0 saturated heterocycles. The molecule has 0 aliphatic rings. The molecule has 4 nitrogen and oxygen atoms in total. The van der Waals surface area contributed by atoms with Crippen LogP contribution in [-0.4, -0.2) is 17.5 Å². The van der Waals surface area contributed by atoms with Gasteiger partial charge in [0.05, 0.1) is 5.69 Å². The molecule has 1 N–H and O–H groups in total. The lowest BCUT2D eigenvalue weighted by Crippen LogP contribution is -2.20. The zero-order valence-corrected chi connectivity index (χ0v) is 18.4. The van der Waals surface area contributed by atoms with Crippen LogP contribution in [-0.2, 0) is 4.79 Å². The number of carbonyl (C=O) groups excluding carboxylic acids is 1. The Kier molecular flexibility index (Phi) is 6.43. The predicted octanol–water partition coefficient (Wildman–Crippen LogP) is 6.62. The van der Waals surface area contributed by atoms with E-state index in [9.17, 15) is 4.79 Å². The van der Waals surface area contributed by atoms with Crippen molar-refractivity contribution < 1.29 is 9.53 Å². The largest absolute Gasteiger partial charge is 0.484 e. The maximum atomic E-state index is 12.3. The molecule has 5 heteroatoms. The van der Waals surface area contributed by atoms with E-state index in [0.29, 0.717) is 11.7 Å². The molecule has 31 heavy (non-hydrogen) atoms. The van der Waals surface area contributed by atoms with E-state index in [1.165, 1.54) is 5.56 Å². The summed E-state index contributed by atoms with van der Waals surface area (Å²) >= 11 is 1.62. The highest BCUT2D eigenvalue weighted by Gasteiger charge is 2.08. The van der Waals surface area contributed by atoms with E-state index >= 15 is 0 Å². The SMILES string of the molecule is CC(C)c1cccc(OCC(=O)Nc2ccc(-c3csc(-c4ccccc4)n3)cc2)c1. The number of benzene rings is 3. The number of hydrogen-bond acceptors (Lipinski definition) is 4. The van der Waals surface area contributed by atoms with Crippen molar-refractivity contribution in [2.75, 3.05) is 11.9 Å². The molecule has 4 rings (SSSR count). The average Bonchev–Trinajstić information content (AvgIpc) is 3.29. The molecule has 0 radical (unpaired) electrons. The van der Waals surface area contributed by atoms with Gasteiger partial charge in [-0.1, -0.05) is 68.4 Å². The van der Waals surface area contributed by atoms with E-state index in [0.717, 1.165) is 27.5 Å². The number of hydrogen-bond donors (Lipinski definition) is 1. The van der Waals surface area contributed by atoms with Gasteiger partial charge in [-0.2, -0.15) is 0 Å². The van der Waals surface area contributed by atoms with Crippen molar-refractivity contribution >= 4 is 22.9 Å². The maximum absolute atomic E-state index is 12.3. The van der Waals surface area contributed by atoms with Crippen molar-refractivity contribution in [2.24, 2.45) is 0 Å². The van der Waals surface area contributed by atoms with Crippen LogP contribution in [0, 0.1) is 0 Å². The Morgan fingerprint density at radius 1 is 0.968 bits per heavy atom. The van der Waals surface area contributed by atoms with Crippen molar-refractivity contribution in [1.82, 2.24) is 4.98 Å². The Balaban J connectivity index is 1.35. The molecule has 0 unspecified atom stereocenters. The lowest BCUT2D eigenvalue weighted by Gasteiger charge is -2.10. The monoisotopic (exact) mass is 428 g/mol. The first-order valence-corrected chi connectivity index (χ1v) is 11.1. The van der Waals surface area contributed by atoms with Crippen molar-refractivity contribution in [3.05, 3.63) is 89.8 Å². The van der Waals surface area contributed by atoms with E-state index in [4.69, 9.17) is 9.72 Å². The predicted molar refractivity (Wildman–Crippen MR) is 128 cm³/mol. The van der Waals surface area contributed by atoms with Gasteiger partial charge in [-0.15, -0.1) is 11.3 Å². The number of ether oxygens (including phenoxy) is 1. The second-order valence-corrected chi connectivity index (χ2v) is 8.40. The number of amides is 1. The molecular weight excluding hydrogens is 404 g/mol. The molecule has 0 saturated carbocycles. The fourth-order valence-corrected chi connectivity index (χ4v) is 3.99. The molecule has 0 fully saturated rings. The van der Waals surface area contributed by atoms with Gasteiger partial charge in [-0.25, -0.2) is 4.98 Å². The molecule has 1 amide bonds. The quantitative estimate of drug-likeness (QED) is 0.360. The van der Waals surface area contributed by atoms with Crippen LogP contribution in [0.4, 0.5) is 5.69 Å². The van der Waals surface area contributed by atoms with Gasteiger partial charge in [0.1, 0.15) is 10.8 Å². The first-order chi connectivity index (χ1) is 15.1. The molecule has 1 heterocycles. The molecule has 0 bridgehead atoms. The van der Waals surface area contributed by atoms with Gasteiger partial charge in [-0.3, -0.25) is 4.79 Å². The van der Waals surface area contributed by atoms with Crippen LogP contribution in [0.1, 0.15) is 25.3 Å². The number of nitrogens with one attached hydrogen (secondary N) is 1. The maximum Gasteiger partial charge on any atom is 0.262 e. The number of aromatic nitrogens is 1. The zero-order valence-electron chi connectivity index (χ0n) is 17.5. The van der Waals surface area contributed by atoms with Crippen molar-refractivity contribution in [3.8, 4) is 27.6 Å². The molecule has 0 atom stereocenters. The van der Waals surface area contributed by atoms with Gasteiger partial charge in [0.15, 0.2) is 6.61 Å². The average molecular weight is 429 g/mol. The van der Waals surface area contributed by atoms with Crippen LogP contribution >= 0.6 is 11.3 Å². The minimum absolute atomic E-state index is 0.0319. The van der Waals surface area contributed by atoms with E-state index < -0.39 is 0 Å². The number of rotatable bonds is 7. The third-order valence-electron chi connectivity index (χ3n) is 4.88. The molecular formula is C26H24N2O2S. The second kappa shape index (κ2) is 9.58. The summed E-state index contributed by atoms with van der Waals surface area (Å²) in [5.41, 5.74) is 4.97. The summed E-state index contributed by atoms with van der Waals surface area (Å²) in [5, 5.41) is 5.92. The van der Waals surface area contributed by atoms with E-state index in [-0.39, 0.29) is 12.5 Å². The minimum atomic E-state index is -0.192. The summed E-state index contributed by atoms with van der Waals surface area (Å²) in [6.45, 7) is 4.23. The smallest absolute Gasteiger partial charge is 0.262 e. The van der Waals surface area contributed by atoms with Crippen LogP contribution in [0.3, 0.4) is 0 Å². The molecule has 4 aromatic rings. The number of nitrogens with zero attached hydrogens (tertiary/aromatic N) is 1. The summed E-state index contributed by atoms with van der Waals surface area (Å²) in [7, 11) is 0. The van der Waals surface area contributed by atoms with E-state index in [1.807, 2.05) is 60.7 Å². The van der Waals surface area contributed by atoms with E-state index in [1.54, 1.807) is 11.3 Å². The number of thiazole rings is 1. The minimum Gasteiger partial charge on any atom is -0.484 e. The van der Waals surface area contributed by atoms with Crippen LogP contribution in [0.2, 0.25) is 0 Å². The normalized spacial score (nSPS) is 10.8. The fraction of sp³-hybridized carbons (Fsp3) is 0.154. The Bertz CT molecular complexity index is 1150. The standard InChI is InChI=1S/C26H24N2O2S/c1-18(2)21-9-6-10-23(15-21)30-16-25(29)27-22-13-11-19(12-14-22)24-17-31-26(28-24)20-7-4-3-5-8-20/h3-15,17-18H,16H2,1-2H3,(H,27,29). The Hall–Kier alpha value is -3.44. The van der Waals surface area contributed by atoms with Crippen LogP contribution in [0.25, 0.3) is 21.8 Å². The highest BCUT2D eigenvalue weighted by molar-refractivity contribution is 7.13. The molecule has 0 aliphatic carbocycles. The Labute approximate surface area is 186 Å². The third kappa shape index (κ3) is 5.38. The van der Waals surface area contributed by atoms with Crippen molar-refractivity contribution in [2.45, 2.75) is 19.8 Å². The first-order valence-electron chi connectivity index (χ1n) is 10.2. The van der Waals surface area contributed by atoms with Crippen LogP contribution in [0.15, 0.2) is 84.2 Å². The van der Waals surface area contributed by atoms with Gasteiger partial charge < -0.3 is 10.1 Å². The molecule has 3 aromatic carbocycles. The fourth-order valence-electron chi connectivity index (χ4n) is 3.15. The lowest BCUT2D eigenvalue weighted by atomic mass is 10.0. The molecule has 0 spiro atoms. The topological polar surface area (TPSA) is 51.2 Å². The summed E-state index contributed by atoms with van der Waals surface area (Å²) in [6, 6.07) is 25.7. The van der Waals surface area contributed by atoms with Crippen molar-refractivity contribution in [3.63, 3.8) is 0 Å². The molecule has 1 aromatic heterocycles. The van der Waals surface area contributed by atoms with Gasteiger partial charge in [0.25, 0.3) is 5.91 Å². The Morgan fingerprint density at radius 3 is 2.48 bits per heavy atom. The van der Waals surface area contributed by atoms with Gasteiger partial charge in [-0.05, 0) is 35.7 Å². The number of carbonyl (C=O) groups is 1. The summed E-state index contributed by atoms with van der Waals surface area (Å²) < 4.78 is 5.65. The van der Waals surface area contributed by atoms with Gasteiger partial charge in [0, 0.05) is 22.2 Å². The van der Waals surface area contributed by atoms with Gasteiger partial charge in [0.2, 0.25) is 0 Å². The first kappa shape index (κ1) is 20.8. The second-order valence-electron chi connectivity index (χ2n) is 7.55. The van der Waals surface area contributed by atoms with E-state index in [2.05, 4.69) is 42.7 Å². The lowest BCUT2D eigenvalue weighted by molar-refractivity contribution is -0.118. The molecule has 0 aliphatic heterocycles. The van der Waals surface area contributed by atoms with Crippen LogP contribution < -0.4 is 10.1 Å². The summed E-state index contributed by atoms with van der Waals surface area (Å²) in [6.07, 6.45) is 0. The zero-order chi connectivity index (χ0) is 21.6. The summed E-state index contributed by atoms with van der Waals surface area (Å²) in [5.74, 6) is 0.926. The van der Waals surface area contributed by atoms with Crippen LogP contribution in [0.5, 0.6) is 5.75 Å². The highest BCUT2D eigenvalue weighted by atomic mass is 32.1. The Morgan fingerprint density at radius 2 is 1.74 bits per heavy atom. The number of anilines is 1. The summed E-state index contributed by atoms with van der Waals surface area (Å²) in [4.78, 5) is 17.0. The van der Waals surface area contributed by atoms with Crippen molar-refractivity contribution in [1.29, 1.82) is 0 Å². The highest BCUT2D eigenvalue weighted by Crippen LogP contribution is 2.29. The molecule has 156 valence electrons. The third-order valence-corrected chi connectivity index (χ3v) is 5.78. The van der Waals surface area contributed by atoms with Gasteiger partial charge >= 0.3 is 0 Å².